The van der Waals surface area contributed by atoms with Crippen molar-refractivity contribution < 1.29 is 20.2 Å². The van der Waals surface area contributed by atoms with Gasteiger partial charge in [0.05, 0.1) is 33.5 Å². The second-order valence-electron chi connectivity index (χ2n) is 21.2. The molecule has 0 aliphatic heterocycles. The summed E-state index contributed by atoms with van der Waals surface area (Å²) in [6.07, 6.45) is 1.53. The lowest BCUT2D eigenvalue weighted by Crippen LogP contribution is -2.17. The molecular weight excluding hydrogens is 803 g/mol. The van der Waals surface area contributed by atoms with Crippen molar-refractivity contribution in [2.24, 2.45) is 0 Å². The number of hydrogen-bond acceptors (Lipinski definition) is 3. The molecule has 8 aromatic rings. The van der Waals surface area contributed by atoms with Crippen LogP contribution in [0.1, 0.15) is 156 Å². The molecule has 0 aliphatic carbocycles. The Hall–Kier alpha value is -6.26. The van der Waals surface area contributed by atoms with Gasteiger partial charge >= 0.3 is 0 Å². The standard InChI is InChI=1S/C62H69N3O/c1-37(2)48-18-16-19-49(38(3)4)56(48)43-26-27-54(40(6)30-43)65-55-21-17-20-50(57(55)64-59(65)51-35-47(61(10,11)12)36-52(58(51)66)62(13,14)15)44-31-45(33-46(32-44)60(7,8)9)53-34-42(28-29-63-53)41-24-22-39(5)23-25-41/h16-38,66H,1-15H3/i5D3,6D3,22D,23D,24D,25D,37D. The van der Waals surface area contributed by atoms with Crippen LogP contribution in [0.25, 0.3) is 72.7 Å². The first-order valence-corrected chi connectivity index (χ1v) is 22.8. The third kappa shape index (κ3) is 8.87. The van der Waals surface area contributed by atoms with Crippen molar-refractivity contribution in [1.29, 1.82) is 0 Å². The molecular formula is C62H69N3O. The van der Waals surface area contributed by atoms with E-state index in [9.17, 15) is 10.6 Å². The molecule has 2 aromatic heterocycles. The Morgan fingerprint density at radius 3 is 1.95 bits per heavy atom. The number of phenols is 1. The normalized spacial score (nSPS) is 15.5. The fraction of sp³-hybridized carbons (Fsp3) is 0.323. The van der Waals surface area contributed by atoms with Crippen LogP contribution in [0.5, 0.6) is 5.75 Å². The minimum absolute atomic E-state index is 0.0293. The summed E-state index contributed by atoms with van der Waals surface area (Å²) < 4.78 is 97.5. The van der Waals surface area contributed by atoms with Gasteiger partial charge in [0.25, 0.3) is 0 Å². The van der Waals surface area contributed by atoms with Gasteiger partial charge in [-0.05, 0) is 146 Å². The predicted octanol–water partition coefficient (Wildman–Crippen LogP) is 17.2. The lowest BCUT2D eigenvalue weighted by molar-refractivity contribution is 0.446. The van der Waals surface area contributed by atoms with Gasteiger partial charge in [0, 0.05) is 32.5 Å². The summed E-state index contributed by atoms with van der Waals surface area (Å²) in [5, 5.41) is 12.6. The molecule has 0 saturated heterocycles. The molecule has 0 radical (unpaired) electrons. The second kappa shape index (κ2) is 17.2. The van der Waals surface area contributed by atoms with E-state index in [1.165, 1.54) is 6.20 Å². The Kier molecular flexibility index (Phi) is 8.88. The second-order valence-corrected chi connectivity index (χ2v) is 21.2. The summed E-state index contributed by atoms with van der Waals surface area (Å²) in [5.74, 6) is -0.568. The molecule has 0 fully saturated rings. The van der Waals surface area contributed by atoms with E-state index in [0.29, 0.717) is 61.6 Å². The van der Waals surface area contributed by atoms with Crippen LogP contribution in [0.4, 0.5) is 0 Å². The summed E-state index contributed by atoms with van der Waals surface area (Å²) in [5.41, 5.74) is 8.77. The number of phenolic OH excluding ortho intramolecular Hbond substituents is 1. The van der Waals surface area contributed by atoms with Crippen molar-refractivity contribution in [2.45, 2.75) is 132 Å². The number of benzene rings is 6. The van der Waals surface area contributed by atoms with E-state index in [2.05, 4.69) is 61.5 Å². The molecule has 4 heteroatoms. The summed E-state index contributed by atoms with van der Waals surface area (Å²) in [6.45, 7) is 21.1. The van der Waals surface area contributed by atoms with Gasteiger partial charge in [0.15, 0.2) is 0 Å². The smallest absolute Gasteiger partial charge is 0.149 e. The van der Waals surface area contributed by atoms with Crippen LogP contribution in [-0.2, 0) is 16.2 Å². The molecule has 0 unspecified atom stereocenters. The maximum absolute atomic E-state index is 12.6. The molecule has 1 N–H and O–H groups in total. The molecule has 0 atom stereocenters. The highest BCUT2D eigenvalue weighted by Crippen LogP contribution is 2.46. The van der Waals surface area contributed by atoms with Crippen LogP contribution < -0.4 is 0 Å². The van der Waals surface area contributed by atoms with E-state index in [-0.39, 0.29) is 28.2 Å². The molecule has 2 heterocycles. The Bertz CT molecular complexity index is 3600. The highest BCUT2D eigenvalue weighted by atomic mass is 16.3. The Morgan fingerprint density at radius 2 is 1.30 bits per heavy atom. The van der Waals surface area contributed by atoms with Crippen molar-refractivity contribution >= 4 is 11.0 Å². The third-order valence-corrected chi connectivity index (χ3v) is 12.6. The van der Waals surface area contributed by atoms with E-state index in [1.807, 2.05) is 112 Å². The van der Waals surface area contributed by atoms with Crippen molar-refractivity contribution in [3.63, 3.8) is 0 Å². The van der Waals surface area contributed by atoms with Gasteiger partial charge in [-0.1, -0.05) is 168 Å². The van der Waals surface area contributed by atoms with Crippen LogP contribution in [0, 0.1) is 13.7 Å². The van der Waals surface area contributed by atoms with Crippen molar-refractivity contribution in [2.75, 3.05) is 0 Å². The van der Waals surface area contributed by atoms with Gasteiger partial charge in [0.2, 0.25) is 0 Å². The Morgan fingerprint density at radius 1 is 0.621 bits per heavy atom. The minimum Gasteiger partial charge on any atom is -0.507 e. The number of fused-ring (bicyclic) bond motifs is 1. The fourth-order valence-electron chi connectivity index (χ4n) is 8.81. The lowest BCUT2D eigenvalue weighted by Gasteiger charge is -2.27. The Labute approximate surface area is 410 Å². The van der Waals surface area contributed by atoms with Gasteiger partial charge in [-0.2, -0.15) is 0 Å². The van der Waals surface area contributed by atoms with E-state index < -0.39 is 60.2 Å². The van der Waals surface area contributed by atoms with Crippen molar-refractivity contribution in [3.8, 4) is 67.5 Å². The van der Waals surface area contributed by atoms with Crippen LogP contribution in [0.2, 0.25) is 0 Å². The first kappa shape index (κ1) is 34.1. The summed E-state index contributed by atoms with van der Waals surface area (Å²) in [6, 6.07) is 28.3. The fourth-order valence-corrected chi connectivity index (χ4v) is 8.81. The number of hydrogen-bond donors (Lipinski definition) is 1. The number of rotatable bonds is 8. The summed E-state index contributed by atoms with van der Waals surface area (Å²) >= 11 is 0. The lowest BCUT2D eigenvalue weighted by atomic mass is 9.79. The number of nitrogens with zero attached hydrogens (tertiary/aromatic N) is 3. The van der Waals surface area contributed by atoms with Crippen LogP contribution in [-0.4, -0.2) is 19.6 Å². The molecule has 4 nitrogen and oxygen atoms in total. The van der Waals surface area contributed by atoms with Gasteiger partial charge in [-0.25, -0.2) is 4.98 Å². The number of aromatic nitrogens is 3. The quantitative estimate of drug-likeness (QED) is 0.165. The molecule has 0 spiro atoms. The van der Waals surface area contributed by atoms with E-state index in [4.69, 9.17) is 19.6 Å². The maximum Gasteiger partial charge on any atom is 0.149 e. The molecule has 8 rings (SSSR count). The third-order valence-electron chi connectivity index (χ3n) is 12.6. The first-order chi connectivity index (χ1) is 35.4. The van der Waals surface area contributed by atoms with Gasteiger partial charge in [0.1, 0.15) is 11.6 Å². The predicted molar refractivity (Wildman–Crippen MR) is 281 cm³/mol. The maximum atomic E-state index is 12.6. The van der Waals surface area contributed by atoms with Crippen LogP contribution in [0.3, 0.4) is 0 Å². The van der Waals surface area contributed by atoms with Crippen LogP contribution >= 0.6 is 0 Å². The van der Waals surface area contributed by atoms with Gasteiger partial charge in [-0.3, -0.25) is 9.55 Å². The zero-order chi connectivity index (χ0) is 57.0. The van der Waals surface area contributed by atoms with Crippen LogP contribution in [0.15, 0.2) is 127 Å². The highest BCUT2D eigenvalue weighted by Gasteiger charge is 2.29. The zero-order valence-electron chi connectivity index (χ0n) is 51.7. The molecule has 0 bridgehead atoms. The Balaban J connectivity index is 1.46. The number of aryl methyl sites for hydroxylation is 1. The molecule has 338 valence electrons. The largest absolute Gasteiger partial charge is 0.507 e. The van der Waals surface area contributed by atoms with E-state index in [1.54, 1.807) is 18.2 Å². The topological polar surface area (TPSA) is 50.9 Å². The molecule has 66 heavy (non-hydrogen) atoms. The SMILES string of the molecule is [2H]c1c([2H])c(C([2H])([2H])[2H])c([2H])c([2H])c1-c1ccnc(-c2cc(-c3cccc4c3nc(-c3cc(C(C)(C)C)cc(C(C)(C)C)c3O)n4-c3ccc(-c4c(C(C)C)cccc4C([2H])(C)C)cc3C([2H])([2H])[2H])cc(C(C)(C)C)c2)c1. The average Bonchev–Trinajstić information content (AvgIpc) is 3.88. The first-order valence-electron chi connectivity index (χ1n) is 28.3. The zero-order valence-corrected chi connectivity index (χ0v) is 40.7. The minimum atomic E-state index is -2.86. The van der Waals surface area contributed by atoms with Crippen molar-refractivity contribution in [1.82, 2.24) is 14.5 Å². The highest BCUT2D eigenvalue weighted by molar-refractivity contribution is 5.97. The number of imidazole rings is 1. The molecule has 0 saturated carbocycles. The van der Waals surface area contributed by atoms with Gasteiger partial charge < -0.3 is 5.11 Å². The average molecular weight is 883 g/mol. The number of pyridine rings is 1. The van der Waals surface area contributed by atoms with E-state index in [0.717, 1.165) is 33.4 Å². The molecule has 0 amide bonds. The number of aromatic hydroxyl groups is 1. The van der Waals surface area contributed by atoms with Crippen molar-refractivity contribution in [3.05, 3.63) is 166 Å². The number of para-hydroxylation sites is 1. The monoisotopic (exact) mass is 883 g/mol. The molecule has 0 aliphatic rings. The van der Waals surface area contributed by atoms with Gasteiger partial charge in [-0.15, -0.1) is 0 Å². The molecule has 6 aromatic carbocycles. The summed E-state index contributed by atoms with van der Waals surface area (Å²) in [7, 11) is 0. The van der Waals surface area contributed by atoms with E-state index >= 15 is 0 Å². The summed E-state index contributed by atoms with van der Waals surface area (Å²) in [4.78, 5) is 10.3.